The predicted octanol–water partition coefficient (Wildman–Crippen LogP) is 5.24. The number of rotatable bonds is 7. The minimum Gasteiger partial charge on any atom is -0.272 e. The SMILES string of the molecule is O=C(CSc1nnc(-c2ccncc2)n1-c1ccc(Cl)cc1)NN=Cc1ccccc1C(F)(F)F. The molecule has 0 aliphatic carbocycles. The molecular weight excluding hydrogens is 501 g/mol. The number of carbonyl (C=O) groups excluding carboxylic acids is 1. The quantitative estimate of drug-likeness (QED) is 0.206. The van der Waals surface area contributed by atoms with E-state index in [0.717, 1.165) is 35.3 Å². The Morgan fingerprint density at radius 1 is 1.06 bits per heavy atom. The number of thioether (sulfide) groups is 1. The average molecular weight is 517 g/mol. The number of amides is 1. The molecule has 0 atom stereocenters. The Morgan fingerprint density at radius 2 is 1.77 bits per heavy atom. The Balaban J connectivity index is 1.49. The van der Waals surface area contributed by atoms with E-state index in [0.29, 0.717) is 16.0 Å². The van der Waals surface area contributed by atoms with E-state index < -0.39 is 17.6 Å². The molecule has 2 heterocycles. The highest BCUT2D eigenvalue weighted by Gasteiger charge is 2.32. The molecule has 1 amide bonds. The molecule has 0 aliphatic rings. The molecule has 2 aromatic carbocycles. The number of hydrazone groups is 1. The summed E-state index contributed by atoms with van der Waals surface area (Å²) >= 11 is 7.12. The van der Waals surface area contributed by atoms with E-state index >= 15 is 0 Å². The Kier molecular flexibility index (Phi) is 7.47. The lowest BCUT2D eigenvalue weighted by Crippen LogP contribution is -2.20. The number of nitrogens with one attached hydrogen (secondary N) is 1. The van der Waals surface area contributed by atoms with Crippen molar-refractivity contribution in [2.24, 2.45) is 5.10 Å². The summed E-state index contributed by atoms with van der Waals surface area (Å²) in [5, 5.41) is 13.1. The van der Waals surface area contributed by atoms with Crippen LogP contribution < -0.4 is 5.43 Å². The minimum atomic E-state index is -4.53. The maximum Gasteiger partial charge on any atom is 0.417 e. The van der Waals surface area contributed by atoms with Crippen LogP contribution in [-0.2, 0) is 11.0 Å². The van der Waals surface area contributed by atoms with Crippen LogP contribution in [0.15, 0.2) is 83.3 Å². The normalized spacial score (nSPS) is 11.7. The second-order valence-electron chi connectivity index (χ2n) is 7.02. The Morgan fingerprint density at radius 3 is 2.49 bits per heavy atom. The first kappa shape index (κ1) is 24.4. The van der Waals surface area contributed by atoms with E-state index in [2.05, 4.69) is 25.7 Å². The molecule has 0 radical (unpaired) electrons. The van der Waals surface area contributed by atoms with Crippen molar-refractivity contribution in [3.63, 3.8) is 0 Å². The number of nitrogens with zero attached hydrogens (tertiary/aromatic N) is 5. The van der Waals surface area contributed by atoms with Gasteiger partial charge in [0, 0.05) is 34.2 Å². The molecule has 35 heavy (non-hydrogen) atoms. The molecule has 0 saturated carbocycles. The lowest BCUT2D eigenvalue weighted by molar-refractivity contribution is -0.137. The third kappa shape index (κ3) is 6.06. The van der Waals surface area contributed by atoms with Gasteiger partial charge >= 0.3 is 6.18 Å². The molecule has 0 spiro atoms. The molecule has 0 saturated heterocycles. The van der Waals surface area contributed by atoms with E-state index in [-0.39, 0.29) is 11.3 Å². The third-order valence-corrected chi connectivity index (χ3v) is 5.83. The highest BCUT2D eigenvalue weighted by molar-refractivity contribution is 7.99. The number of aromatic nitrogens is 4. The molecule has 178 valence electrons. The fourth-order valence-corrected chi connectivity index (χ4v) is 3.95. The molecule has 0 fully saturated rings. The fourth-order valence-electron chi connectivity index (χ4n) is 3.08. The van der Waals surface area contributed by atoms with E-state index in [1.54, 1.807) is 53.4 Å². The Labute approximate surface area is 207 Å². The second kappa shape index (κ2) is 10.7. The summed E-state index contributed by atoms with van der Waals surface area (Å²) < 4.78 is 41.0. The molecule has 1 N–H and O–H groups in total. The number of hydrogen-bond acceptors (Lipinski definition) is 6. The summed E-state index contributed by atoms with van der Waals surface area (Å²) in [6.07, 6.45) is -0.305. The molecule has 4 rings (SSSR count). The number of halogens is 4. The van der Waals surface area contributed by atoms with E-state index in [1.165, 1.54) is 18.2 Å². The summed E-state index contributed by atoms with van der Waals surface area (Å²) in [6, 6.07) is 15.6. The zero-order valence-electron chi connectivity index (χ0n) is 17.8. The molecule has 2 aromatic heterocycles. The van der Waals surface area contributed by atoms with Crippen molar-refractivity contribution in [2.45, 2.75) is 11.3 Å². The van der Waals surface area contributed by atoms with Crippen LogP contribution >= 0.6 is 23.4 Å². The minimum absolute atomic E-state index is 0.0969. The molecule has 7 nitrogen and oxygen atoms in total. The summed E-state index contributed by atoms with van der Waals surface area (Å²) in [5.74, 6) is -0.0772. The van der Waals surface area contributed by atoms with Gasteiger partial charge in [-0.25, -0.2) is 5.43 Å². The van der Waals surface area contributed by atoms with Crippen LogP contribution in [0.25, 0.3) is 17.1 Å². The molecule has 0 unspecified atom stereocenters. The average Bonchev–Trinajstić information content (AvgIpc) is 3.27. The van der Waals surface area contributed by atoms with Crippen LogP contribution in [0.3, 0.4) is 0 Å². The first-order chi connectivity index (χ1) is 16.8. The van der Waals surface area contributed by atoms with Crippen molar-refractivity contribution in [3.8, 4) is 17.1 Å². The number of pyridine rings is 1. The highest BCUT2D eigenvalue weighted by Crippen LogP contribution is 2.31. The van der Waals surface area contributed by atoms with Crippen LogP contribution in [0.1, 0.15) is 11.1 Å². The first-order valence-electron chi connectivity index (χ1n) is 10.1. The van der Waals surface area contributed by atoms with Gasteiger partial charge < -0.3 is 0 Å². The summed E-state index contributed by atoms with van der Waals surface area (Å²) in [4.78, 5) is 16.3. The number of benzene rings is 2. The summed E-state index contributed by atoms with van der Waals surface area (Å²) in [6.45, 7) is 0. The second-order valence-corrected chi connectivity index (χ2v) is 8.40. The summed E-state index contributed by atoms with van der Waals surface area (Å²) in [5.41, 5.74) is 2.75. The molecule has 12 heteroatoms. The standard InChI is InChI=1S/C23H16ClF3N6OS/c24-17-5-7-18(8-6-17)33-21(15-9-11-28-12-10-15)31-32-22(33)35-14-20(34)30-29-13-16-3-1-2-4-19(16)23(25,26)27/h1-13H,14H2,(H,30,34). The van der Waals surface area contributed by atoms with Crippen molar-refractivity contribution in [1.82, 2.24) is 25.2 Å². The van der Waals surface area contributed by atoms with Gasteiger partial charge in [-0.1, -0.05) is 41.6 Å². The molecule has 4 aromatic rings. The largest absolute Gasteiger partial charge is 0.417 e. The smallest absolute Gasteiger partial charge is 0.272 e. The lowest BCUT2D eigenvalue weighted by Gasteiger charge is -2.10. The van der Waals surface area contributed by atoms with Crippen LogP contribution in [0.5, 0.6) is 0 Å². The number of carbonyl (C=O) groups is 1. The van der Waals surface area contributed by atoms with Crippen molar-refractivity contribution >= 4 is 35.5 Å². The number of hydrogen-bond donors (Lipinski definition) is 1. The van der Waals surface area contributed by atoms with Gasteiger partial charge in [-0.15, -0.1) is 10.2 Å². The van der Waals surface area contributed by atoms with Gasteiger partial charge in [0.1, 0.15) is 0 Å². The van der Waals surface area contributed by atoms with Gasteiger partial charge in [0.15, 0.2) is 11.0 Å². The van der Waals surface area contributed by atoms with Crippen molar-refractivity contribution in [1.29, 1.82) is 0 Å². The van der Waals surface area contributed by atoms with Crippen LogP contribution in [0.2, 0.25) is 5.02 Å². The van der Waals surface area contributed by atoms with Crippen molar-refractivity contribution in [3.05, 3.63) is 89.2 Å². The fraction of sp³-hybridized carbons (Fsp3) is 0.0870. The highest BCUT2D eigenvalue weighted by atomic mass is 35.5. The van der Waals surface area contributed by atoms with E-state index in [1.807, 2.05) is 0 Å². The van der Waals surface area contributed by atoms with Gasteiger partial charge in [0.25, 0.3) is 5.91 Å². The Bertz CT molecular complexity index is 1340. The van der Waals surface area contributed by atoms with Gasteiger partial charge in [-0.05, 0) is 42.5 Å². The monoisotopic (exact) mass is 516 g/mol. The topological polar surface area (TPSA) is 85.1 Å². The van der Waals surface area contributed by atoms with Crippen LogP contribution in [0, 0.1) is 0 Å². The van der Waals surface area contributed by atoms with E-state index in [4.69, 9.17) is 11.6 Å². The van der Waals surface area contributed by atoms with Crippen LogP contribution in [-0.4, -0.2) is 37.6 Å². The maximum absolute atomic E-state index is 13.1. The Hall–Kier alpha value is -3.70. The van der Waals surface area contributed by atoms with Crippen LogP contribution in [0.4, 0.5) is 13.2 Å². The van der Waals surface area contributed by atoms with Crippen molar-refractivity contribution in [2.75, 3.05) is 5.75 Å². The zero-order chi connectivity index (χ0) is 24.8. The van der Waals surface area contributed by atoms with Gasteiger partial charge in [-0.2, -0.15) is 18.3 Å². The molecule has 0 aliphatic heterocycles. The first-order valence-corrected chi connectivity index (χ1v) is 11.4. The van der Waals surface area contributed by atoms with Gasteiger partial charge in [0.2, 0.25) is 0 Å². The maximum atomic E-state index is 13.1. The predicted molar refractivity (Wildman–Crippen MR) is 128 cm³/mol. The van der Waals surface area contributed by atoms with Gasteiger partial charge in [0.05, 0.1) is 17.5 Å². The third-order valence-electron chi connectivity index (χ3n) is 4.65. The molecular formula is C23H16ClF3N6OS. The lowest BCUT2D eigenvalue weighted by atomic mass is 10.1. The number of alkyl halides is 3. The summed E-state index contributed by atoms with van der Waals surface area (Å²) in [7, 11) is 0. The van der Waals surface area contributed by atoms with Gasteiger partial charge in [-0.3, -0.25) is 14.3 Å². The van der Waals surface area contributed by atoms with Crippen molar-refractivity contribution < 1.29 is 18.0 Å². The zero-order valence-corrected chi connectivity index (χ0v) is 19.3. The molecule has 0 bridgehead atoms. The van der Waals surface area contributed by atoms with E-state index in [9.17, 15) is 18.0 Å².